The fraction of sp³-hybridized carbons (Fsp3) is 0. The summed E-state index contributed by atoms with van der Waals surface area (Å²) >= 11 is 3.58. The fourth-order valence-corrected chi connectivity index (χ4v) is 15.7. The topological polar surface area (TPSA) is 77.3 Å². The molecule has 0 bridgehead atoms. The Hall–Kier alpha value is -11.7. The van der Waals surface area contributed by atoms with E-state index in [1.165, 1.54) is 74.4 Å². The van der Waals surface area contributed by atoms with Crippen molar-refractivity contribution in [2.24, 2.45) is 0 Å². The van der Waals surface area contributed by atoms with Gasteiger partial charge in [-0.1, -0.05) is 261 Å². The van der Waals surface area contributed by atoms with Gasteiger partial charge in [0, 0.05) is 73.7 Å². The molecule has 0 radical (unpaired) electrons. The third kappa shape index (κ3) is 9.39. The number of benzene rings is 14. The Morgan fingerprint density at radius 1 is 0.163 bits per heavy atom. The molecule has 0 aliphatic rings. The molecule has 18 aromatic rings. The van der Waals surface area contributed by atoms with E-state index in [0.29, 0.717) is 34.9 Å². The van der Waals surface area contributed by atoms with E-state index in [0.717, 1.165) is 76.2 Å². The van der Waals surface area contributed by atoms with Gasteiger partial charge in [0.1, 0.15) is 0 Å². The number of aromatic nitrogens is 6. The normalized spacial score (nSPS) is 11.7. The molecule has 428 valence electrons. The average Bonchev–Trinajstić information content (AvgIpc) is 2.81. The largest absolute Gasteiger partial charge is 0.208 e. The first kappa shape index (κ1) is 53.4. The highest BCUT2D eigenvalue weighted by Crippen LogP contribution is 2.45. The van der Waals surface area contributed by atoms with E-state index in [9.17, 15) is 0 Å². The maximum Gasteiger partial charge on any atom is 0.165 e. The third-order valence-electron chi connectivity index (χ3n) is 17.8. The molecule has 0 atom stereocenters. The molecule has 0 aliphatic carbocycles. The molecule has 6 nitrogen and oxygen atoms in total. The Balaban J connectivity index is 0.649. The standard InChI is InChI=1S/C84H50N6S2/c1-4-18-52(19-5-1)79-85-80(53-20-6-2-7-21-53)88-83(87-79)72-34-16-32-70-68-44-41-61(49-75(68)91-77(70)72)59-27-15-26-58(47-59)57-25-14-24-56(46-57)51-36-38-55(39-37-51)82-86-81(54-22-8-3-9-23-54)89-84(90-82)73-35-17-33-71-69-45-42-62(50-76(69)92-78(71)73)60-40-43-67-65-30-11-10-28-63(65)64-29-12-13-31-66(64)74(67)48-60/h1-50H. The van der Waals surface area contributed by atoms with Gasteiger partial charge >= 0.3 is 0 Å². The maximum atomic E-state index is 5.30. The zero-order valence-corrected chi connectivity index (χ0v) is 51.0. The van der Waals surface area contributed by atoms with Gasteiger partial charge in [-0.2, -0.15) is 0 Å². The van der Waals surface area contributed by atoms with Crippen molar-refractivity contribution in [2.75, 3.05) is 0 Å². The summed E-state index contributed by atoms with van der Waals surface area (Å²) < 4.78 is 4.71. The van der Waals surface area contributed by atoms with Crippen molar-refractivity contribution >= 4 is 95.3 Å². The summed E-state index contributed by atoms with van der Waals surface area (Å²) in [6, 6.07) is 108. The van der Waals surface area contributed by atoms with E-state index in [1.54, 1.807) is 22.7 Å². The van der Waals surface area contributed by atoms with Crippen LogP contribution in [0.1, 0.15) is 0 Å². The van der Waals surface area contributed by atoms with Gasteiger partial charge < -0.3 is 0 Å². The number of hydrogen-bond acceptors (Lipinski definition) is 8. The molecule has 0 N–H and O–H groups in total. The lowest BCUT2D eigenvalue weighted by Crippen LogP contribution is -2.00. The van der Waals surface area contributed by atoms with Gasteiger partial charge in [0.2, 0.25) is 0 Å². The highest BCUT2D eigenvalue weighted by atomic mass is 32.1. The molecular weight excluding hydrogens is 1160 g/mol. The van der Waals surface area contributed by atoms with Crippen LogP contribution in [-0.2, 0) is 0 Å². The number of thiophene rings is 2. The molecule has 14 aromatic carbocycles. The summed E-state index contributed by atoms with van der Waals surface area (Å²) in [5.74, 6) is 3.85. The lowest BCUT2D eigenvalue weighted by Gasteiger charge is -2.12. The van der Waals surface area contributed by atoms with Crippen LogP contribution in [0.5, 0.6) is 0 Å². The molecule has 8 heteroatoms. The van der Waals surface area contributed by atoms with Gasteiger partial charge in [0.25, 0.3) is 0 Å². The van der Waals surface area contributed by atoms with Crippen LogP contribution >= 0.6 is 22.7 Å². The van der Waals surface area contributed by atoms with Crippen LogP contribution in [0.15, 0.2) is 303 Å². The Bertz CT molecular complexity index is 5850. The smallest absolute Gasteiger partial charge is 0.165 e. The lowest BCUT2D eigenvalue weighted by molar-refractivity contribution is 1.08. The molecule has 92 heavy (non-hydrogen) atoms. The minimum atomic E-state index is 0.620. The number of fused-ring (bicyclic) bond motifs is 12. The van der Waals surface area contributed by atoms with E-state index in [4.69, 9.17) is 29.9 Å². The van der Waals surface area contributed by atoms with Crippen LogP contribution < -0.4 is 0 Å². The Kier molecular flexibility index (Phi) is 12.8. The molecule has 18 rings (SSSR count). The Morgan fingerprint density at radius 3 is 0.859 bits per heavy atom. The van der Waals surface area contributed by atoms with Crippen LogP contribution in [-0.4, -0.2) is 29.9 Å². The van der Waals surface area contributed by atoms with Crippen LogP contribution in [0.3, 0.4) is 0 Å². The fourth-order valence-electron chi connectivity index (χ4n) is 13.2. The van der Waals surface area contributed by atoms with Crippen LogP contribution in [0.2, 0.25) is 0 Å². The van der Waals surface area contributed by atoms with Crippen molar-refractivity contribution in [2.45, 2.75) is 0 Å². The van der Waals surface area contributed by atoms with Gasteiger partial charge in [-0.25, -0.2) is 29.9 Å². The predicted molar refractivity (Wildman–Crippen MR) is 386 cm³/mol. The molecule has 4 heterocycles. The van der Waals surface area contributed by atoms with E-state index >= 15 is 0 Å². The molecule has 0 unspecified atom stereocenters. The maximum absolute atomic E-state index is 5.30. The van der Waals surface area contributed by atoms with E-state index in [2.05, 4.69) is 224 Å². The second kappa shape index (κ2) is 22.1. The summed E-state index contributed by atoms with van der Waals surface area (Å²) in [4.78, 5) is 30.8. The minimum Gasteiger partial charge on any atom is -0.208 e. The summed E-state index contributed by atoms with van der Waals surface area (Å²) in [6.07, 6.45) is 0. The number of hydrogen-bond donors (Lipinski definition) is 0. The molecule has 0 saturated carbocycles. The summed E-state index contributed by atoms with van der Waals surface area (Å²) in [6.45, 7) is 0. The molecule has 4 aromatic heterocycles. The summed E-state index contributed by atoms with van der Waals surface area (Å²) in [5, 5.41) is 12.4. The molecular formula is C84H50N6S2. The number of rotatable bonds is 10. The SMILES string of the molecule is c1ccc(-c2nc(-c3ccccc3)nc(-c3cccc4c3sc3cc(-c5cccc(-c6cccc(-c7ccc(-c8nc(-c9ccccc9)nc(-c9cccc%10c9sc9cc(-c%11ccc%12c%13ccccc%13c%13ccccc%13c%12c%11)ccc9%10)n8)cc7)c6)c5)ccc34)n2)cc1. The third-order valence-corrected chi connectivity index (χ3v) is 20.2. The van der Waals surface area contributed by atoms with Crippen molar-refractivity contribution in [1.29, 1.82) is 0 Å². The van der Waals surface area contributed by atoms with E-state index in [-0.39, 0.29) is 0 Å². The Morgan fingerprint density at radius 2 is 0.435 bits per heavy atom. The van der Waals surface area contributed by atoms with Crippen molar-refractivity contribution in [3.05, 3.63) is 303 Å². The van der Waals surface area contributed by atoms with Crippen molar-refractivity contribution in [1.82, 2.24) is 29.9 Å². The average molecular weight is 1210 g/mol. The summed E-state index contributed by atoms with van der Waals surface area (Å²) in [7, 11) is 0. The predicted octanol–water partition coefficient (Wildman–Crippen LogP) is 22.9. The minimum absolute atomic E-state index is 0.620. The van der Waals surface area contributed by atoms with Gasteiger partial charge in [-0.05, 0) is 119 Å². The molecule has 0 aliphatic heterocycles. The first-order valence-corrected chi connectivity index (χ1v) is 32.4. The highest BCUT2D eigenvalue weighted by Gasteiger charge is 2.21. The zero-order valence-electron chi connectivity index (χ0n) is 49.4. The molecule has 0 amide bonds. The van der Waals surface area contributed by atoms with Crippen molar-refractivity contribution in [3.8, 4) is 113 Å². The second-order valence-corrected chi connectivity index (χ2v) is 25.4. The first-order chi connectivity index (χ1) is 45.5. The molecule has 0 saturated heterocycles. The molecule has 0 fully saturated rings. The van der Waals surface area contributed by atoms with Crippen LogP contribution in [0.25, 0.3) is 185 Å². The van der Waals surface area contributed by atoms with Crippen molar-refractivity contribution < 1.29 is 0 Å². The van der Waals surface area contributed by atoms with Gasteiger partial charge in [-0.3, -0.25) is 0 Å². The van der Waals surface area contributed by atoms with Crippen LogP contribution in [0.4, 0.5) is 0 Å². The van der Waals surface area contributed by atoms with E-state index in [1.807, 2.05) is 78.9 Å². The Labute approximate surface area is 537 Å². The zero-order chi connectivity index (χ0) is 60.6. The van der Waals surface area contributed by atoms with Crippen molar-refractivity contribution in [3.63, 3.8) is 0 Å². The monoisotopic (exact) mass is 1210 g/mol. The number of nitrogens with zero attached hydrogens (tertiary/aromatic N) is 6. The van der Waals surface area contributed by atoms with Gasteiger partial charge in [0.15, 0.2) is 34.9 Å². The quantitative estimate of drug-likeness (QED) is 0.127. The molecule has 0 spiro atoms. The van der Waals surface area contributed by atoms with Gasteiger partial charge in [0.05, 0.1) is 0 Å². The lowest BCUT2D eigenvalue weighted by atomic mass is 9.92. The van der Waals surface area contributed by atoms with Gasteiger partial charge in [-0.15, -0.1) is 22.7 Å². The highest BCUT2D eigenvalue weighted by molar-refractivity contribution is 7.26. The second-order valence-electron chi connectivity index (χ2n) is 23.3. The first-order valence-electron chi connectivity index (χ1n) is 30.8. The van der Waals surface area contributed by atoms with E-state index < -0.39 is 0 Å². The summed E-state index contributed by atoms with van der Waals surface area (Å²) in [5.41, 5.74) is 14.9. The van der Waals surface area contributed by atoms with Crippen LogP contribution in [0, 0.1) is 0 Å².